The summed E-state index contributed by atoms with van der Waals surface area (Å²) in [4.78, 5) is 16.8. The number of hydrogen-bond donors (Lipinski definition) is 2. The average Bonchev–Trinajstić information content (AvgIpc) is 3.15. The molecule has 146 valence electrons. The van der Waals surface area contributed by atoms with Gasteiger partial charge in [0.2, 0.25) is 0 Å². The molecule has 7 nitrogen and oxygen atoms in total. The molecule has 0 radical (unpaired) electrons. The van der Waals surface area contributed by atoms with Crippen molar-refractivity contribution in [1.29, 1.82) is 5.26 Å². The van der Waals surface area contributed by atoms with E-state index in [1.165, 1.54) is 10.9 Å². The van der Waals surface area contributed by atoms with Crippen molar-refractivity contribution in [3.05, 3.63) is 40.8 Å². The first-order valence-corrected chi connectivity index (χ1v) is 8.77. The van der Waals surface area contributed by atoms with E-state index in [-0.39, 0.29) is 11.6 Å². The quantitative estimate of drug-likeness (QED) is 0.810. The molecule has 4 rings (SSSR count). The second-order valence-electron chi connectivity index (χ2n) is 7.12. The van der Waals surface area contributed by atoms with Crippen molar-refractivity contribution in [3.63, 3.8) is 0 Å². The number of aliphatic hydroxyl groups excluding tert-OH is 1. The number of alkyl halides is 3. The summed E-state index contributed by atoms with van der Waals surface area (Å²) in [5.41, 5.74) is 1.96. The summed E-state index contributed by atoms with van der Waals surface area (Å²) in [6, 6.07) is 3.67. The predicted molar refractivity (Wildman–Crippen MR) is 89.6 cm³/mol. The third kappa shape index (κ3) is 3.33. The van der Waals surface area contributed by atoms with Crippen LogP contribution in [0.5, 0.6) is 0 Å². The molecular weight excluding hydrogens is 375 g/mol. The number of carbonyl (C=O) groups is 1. The van der Waals surface area contributed by atoms with Crippen LogP contribution >= 0.6 is 0 Å². The molecule has 0 spiro atoms. The fourth-order valence-electron chi connectivity index (χ4n) is 3.77. The summed E-state index contributed by atoms with van der Waals surface area (Å²) in [6.07, 6.45) is -2.78. The van der Waals surface area contributed by atoms with Crippen LogP contribution in [0.2, 0.25) is 0 Å². The number of rotatable bonds is 5. The standard InChI is InChI=1S/C18H16F3N5O2/c19-18(20,21)6-11(8-27)24-17(28)15-13-5-10-4-12(10)16(13)26(25-15)14-3-9(7-22)1-2-23-14/h1-3,10-12,27H,4-6,8H2,(H,24,28). The Morgan fingerprint density at radius 2 is 2.29 bits per heavy atom. The molecule has 0 saturated heterocycles. The predicted octanol–water partition coefficient (Wildman–Crippen LogP) is 1.84. The highest BCUT2D eigenvalue weighted by atomic mass is 19.4. The summed E-state index contributed by atoms with van der Waals surface area (Å²) in [5.74, 6) is 0.265. The molecule has 28 heavy (non-hydrogen) atoms. The largest absolute Gasteiger partial charge is 0.394 e. The Labute approximate surface area is 157 Å². The van der Waals surface area contributed by atoms with E-state index in [2.05, 4.69) is 15.4 Å². The summed E-state index contributed by atoms with van der Waals surface area (Å²) in [5, 5.41) is 24.8. The van der Waals surface area contributed by atoms with Crippen LogP contribution in [0, 0.1) is 17.2 Å². The fraction of sp³-hybridized carbons (Fsp3) is 0.444. The molecule has 2 aromatic rings. The highest BCUT2D eigenvalue weighted by Crippen LogP contribution is 2.57. The van der Waals surface area contributed by atoms with Gasteiger partial charge in [-0.05, 0) is 24.8 Å². The first-order valence-electron chi connectivity index (χ1n) is 8.77. The number of halogens is 3. The van der Waals surface area contributed by atoms with Crippen molar-refractivity contribution in [3.8, 4) is 11.9 Å². The molecule has 2 aliphatic carbocycles. The molecule has 3 unspecified atom stereocenters. The van der Waals surface area contributed by atoms with Gasteiger partial charge in [-0.15, -0.1) is 0 Å². The highest BCUT2D eigenvalue weighted by molar-refractivity contribution is 5.94. The normalized spacial score (nSPS) is 20.8. The van der Waals surface area contributed by atoms with Gasteiger partial charge in [-0.2, -0.15) is 23.5 Å². The number of carbonyl (C=O) groups excluding carboxylic acids is 1. The molecule has 2 heterocycles. The Morgan fingerprint density at radius 1 is 1.50 bits per heavy atom. The van der Waals surface area contributed by atoms with Crippen LogP contribution in [-0.2, 0) is 6.42 Å². The maximum absolute atomic E-state index is 12.6. The van der Waals surface area contributed by atoms with Crippen molar-refractivity contribution in [2.24, 2.45) is 5.92 Å². The Hall–Kier alpha value is -2.93. The number of amides is 1. The van der Waals surface area contributed by atoms with E-state index in [0.29, 0.717) is 29.3 Å². The number of aromatic nitrogens is 3. The molecule has 0 aromatic carbocycles. The zero-order valence-electron chi connectivity index (χ0n) is 14.6. The zero-order chi connectivity index (χ0) is 20.1. The third-order valence-electron chi connectivity index (χ3n) is 5.10. The van der Waals surface area contributed by atoms with Crippen molar-refractivity contribution < 1.29 is 23.1 Å². The lowest BCUT2D eigenvalue weighted by Crippen LogP contribution is -2.41. The van der Waals surface area contributed by atoms with Gasteiger partial charge in [0.25, 0.3) is 5.91 Å². The molecule has 2 aromatic heterocycles. The van der Waals surface area contributed by atoms with Crippen LogP contribution in [0.3, 0.4) is 0 Å². The summed E-state index contributed by atoms with van der Waals surface area (Å²) in [6.45, 7) is -0.828. The van der Waals surface area contributed by atoms with E-state index in [4.69, 9.17) is 5.26 Å². The summed E-state index contributed by atoms with van der Waals surface area (Å²) in [7, 11) is 0. The second-order valence-corrected chi connectivity index (χ2v) is 7.12. The second kappa shape index (κ2) is 6.60. The van der Waals surface area contributed by atoms with Crippen LogP contribution in [0.15, 0.2) is 18.3 Å². The molecule has 0 aliphatic heterocycles. The molecule has 0 bridgehead atoms. The third-order valence-corrected chi connectivity index (χ3v) is 5.10. The Morgan fingerprint density at radius 3 is 2.96 bits per heavy atom. The molecule has 1 amide bonds. The number of nitriles is 1. The molecule has 1 saturated carbocycles. The van der Waals surface area contributed by atoms with Gasteiger partial charge in [0.15, 0.2) is 11.5 Å². The number of pyridine rings is 1. The van der Waals surface area contributed by atoms with E-state index < -0.39 is 31.2 Å². The lowest BCUT2D eigenvalue weighted by atomic mass is 10.1. The number of hydrogen-bond acceptors (Lipinski definition) is 5. The minimum Gasteiger partial charge on any atom is -0.394 e. The first-order chi connectivity index (χ1) is 13.3. The average molecular weight is 391 g/mol. The van der Waals surface area contributed by atoms with Crippen molar-refractivity contribution in [1.82, 2.24) is 20.1 Å². The summed E-state index contributed by atoms with van der Waals surface area (Å²) >= 11 is 0. The van der Waals surface area contributed by atoms with Crippen LogP contribution < -0.4 is 5.32 Å². The summed E-state index contributed by atoms with van der Waals surface area (Å²) < 4.78 is 39.3. The smallest absolute Gasteiger partial charge is 0.391 e. The monoisotopic (exact) mass is 391 g/mol. The SMILES string of the molecule is N#Cc1ccnc(-n2nc(C(=O)NC(CO)CC(F)(F)F)c3c2C2CC2C3)c1. The van der Waals surface area contributed by atoms with Crippen LogP contribution in [0.1, 0.15) is 46.1 Å². The van der Waals surface area contributed by atoms with E-state index in [9.17, 15) is 23.1 Å². The molecule has 10 heteroatoms. The van der Waals surface area contributed by atoms with Crippen LogP contribution in [0.25, 0.3) is 5.82 Å². The maximum Gasteiger partial charge on any atom is 0.391 e. The van der Waals surface area contributed by atoms with E-state index in [1.807, 2.05) is 6.07 Å². The van der Waals surface area contributed by atoms with E-state index in [0.717, 1.165) is 12.1 Å². The topological polar surface area (TPSA) is 104 Å². The van der Waals surface area contributed by atoms with Gasteiger partial charge >= 0.3 is 6.18 Å². The number of nitrogens with zero attached hydrogens (tertiary/aromatic N) is 4. The minimum atomic E-state index is -4.51. The Bertz CT molecular complexity index is 979. The number of fused-ring (bicyclic) bond motifs is 3. The Balaban J connectivity index is 1.67. The molecular formula is C18H16F3N5O2. The minimum absolute atomic E-state index is 0.0481. The Kier molecular flexibility index (Phi) is 4.34. The van der Waals surface area contributed by atoms with Crippen molar-refractivity contribution in [2.45, 2.75) is 37.4 Å². The van der Waals surface area contributed by atoms with E-state index in [1.54, 1.807) is 12.1 Å². The van der Waals surface area contributed by atoms with Crippen molar-refractivity contribution in [2.75, 3.05) is 6.61 Å². The van der Waals surface area contributed by atoms with Crippen LogP contribution in [0.4, 0.5) is 13.2 Å². The van der Waals surface area contributed by atoms with Crippen molar-refractivity contribution >= 4 is 5.91 Å². The van der Waals surface area contributed by atoms with Gasteiger partial charge in [0.05, 0.1) is 36.4 Å². The van der Waals surface area contributed by atoms with Gasteiger partial charge in [-0.25, -0.2) is 9.67 Å². The molecule has 1 fully saturated rings. The van der Waals surface area contributed by atoms with Gasteiger partial charge < -0.3 is 10.4 Å². The lowest BCUT2D eigenvalue weighted by Gasteiger charge is -2.17. The molecule has 2 aliphatic rings. The number of aliphatic hydroxyl groups is 1. The highest BCUT2D eigenvalue weighted by Gasteiger charge is 2.50. The maximum atomic E-state index is 12.6. The molecule has 2 N–H and O–H groups in total. The lowest BCUT2D eigenvalue weighted by molar-refractivity contribution is -0.141. The van der Waals surface area contributed by atoms with Gasteiger partial charge in [-0.3, -0.25) is 4.79 Å². The fourth-order valence-corrected chi connectivity index (χ4v) is 3.77. The van der Waals surface area contributed by atoms with Crippen LogP contribution in [-0.4, -0.2) is 44.6 Å². The molecule has 3 atom stereocenters. The zero-order valence-corrected chi connectivity index (χ0v) is 14.6. The first kappa shape index (κ1) is 18.4. The van der Waals surface area contributed by atoms with E-state index >= 15 is 0 Å². The number of nitrogens with one attached hydrogen (secondary N) is 1. The van der Waals surface area contributed by atoms with Gasteiger partial charge in [0, 0.05) is 23.7 Å². The van der Waals surface area contributed by atoms with Gasteiger partial charge in [-0.1, -0.05) is 0 Å². The van der Waals surface area contributed by atoms with Gasteiger partial charge in [0.1, 0.15) is 0 Å².